The van der Waals surface area contributed by atoms with Crippen molar-refractivity contribution >= 4 is 22.2 Å². The molecule has 0 spiro atoms. The molecule has 7 heteroatoms. The number of nitrogens with two attached hydrogens (primary N) is 1. The van der Waals surface area contributed by atoms with E-state index < -0.39 is 15.7 Å². The summed E-state index contributed by atoms with van der Waals surface area (Å²) < 4.78 is 17.2. The predicted molar refractivity (Wildman–Crippen MR) is 80.6 cm³/mol. The molecule has 0 amide bonds. The minimum atomic E-state index is -1.36. The van der Waals surface area contributed by atoms with Crippen molar-refractivity contribution in [2.24, 2.45) is 0 Å². The first-order valence-corrected chi connectivity index (χ1v) is 7.39. The van der Waals surface area contributed by atoms with Crippen LogP contribution in [0.3, 0.4) is 0 Å². The Morgan fingerprint density at radius 3 is 2.62 bits per heavy atom. The average Bonchev–Trinajstić information content (AvgIpc) is 2.47. The van der Waals surface area contributed by atoms with E-state index in [0.717, 1.165) is 0 Å². The van der Waals surface area contributed by atoms with Crippen LogP contribution in [-0.4, -0.2) is 16.2 Å². The van der Waals surface area contributed by atoms with E-state index in [1.54, 1.807) is 30.3 Å². The molecule has 1 unspecified atom stereocenters. The van der Waals surface area contributed by atoms with E-state index in [9.17, 15) is 14.3 Å². The summed E-state index contributed by atoms with van der Waals surface area (Å²) in [7, 11) is 0.00147. The minimum Gasteiger partial charge on any atom is -0.490 e. The second-order valence-electron chi connectivity index (χ2n) is 4.29. The number of nitro benzene ring substituents is 1. The highest BCUT2D eigenvalue weighted by Gasteiger charge is 2.17. The number of para-hydroxylation sites is 1. The molecule has 0 aliphatic carbocycles. The molecule has 2 aromatic rings. The Kier molecular flexibility index (Phi) is 4.54. The lowest BCUT2D eigenvalue weighted by molar-refractivity contribution is -0.385. The van der Waals surface area contributed by atoms with Crippen molar-refractivity contribution < 1.29 is 13.9 Å². The molecule has 2 rings (SSSR count). The van der Waals surface area contributed by atoms with Gasteiger partial charge in [-0.15, -0.1) is 0 Å². The van der Waals surface area contributed by atoms with Crippen LogP contribution in [-0.2, 0) is 16.6 Å². The predicted octanol–water partition coefficient (Wildman–Crippen LogP) is 2.49. The topological polar surface area (TPSA) is 95.5 Å². The lowest BCUT2D eigenvalue weighted by atomic mass is 10.2. The van der Waals surface area contributed by atoms with E-state index in [1.165, 1.54) is 19.2 Å². The maximum absolute atomic E-state index is 12.3. The molecule has 1 atom stereocenters. The number of nitrogen functional groups attached to an aromatic ring is 1. The Hall–Kier alpha value is -2.41. The van der Waals surface area contributed by atoms with Gasteiger partial charge in [0.1, 0.15) is 0 Å². The van der Waals surface area contributed by atoms with E-state index >= 15 is 0 Å². The quantitative estimate of drug-likeness (QED) is 0.520. The molecule has 0 saturated heterocycles. The average molecular weight is 306 g/mol. The van der Waals surface area contributed by atoms with E-state index in [2.05, 4.69) is 0 Å². The van der Waals surface area contributed by atoms with Crippen LogP contribution >= 0.6 is 0 Å². The molecule has 0 aliphatic rings. The van der Waals surface area contributed by atoms with Crippen LogP contribution in [0, 0.1) is 10.1 Å². The van der Waals surface area contributed by atoms with Gasteiger partial charge in [-0.3, -0.25) is 14.3 Å². The summed E-state index contributed by atoms with van der Waals surface area (Å²) in [5.74, 6) is 0.327. The zero-order valence-electron chi connectivity index (χ0n) is 11.3. The number of benzene rings is 2. The van der Waals surface area contributed by atoms with Crippen LogP contribution in [0.2, 0.25) is 0 Å². The molecule has 0 saturated carbocycles. The molecule has 0 aliphatic heterocycles. The van der Waals surface area contributed by atoms with Crippen molar-refractivity contribution in [3.63, 3.8) is 0 Å². The monoisotopic (exact) mass is 306 g/mol. The summed E-state index contributed by atoms with van der Waals surface area (Å²) in [5, 5.41) is 11.0. The smallest absolute Gasteiger partial charge is 0.311 e. The number of hydrogen-bond acceptors (Lipinski definition) is 5. The molecule has 2 aromatic carbocycles. The standard InChI is InChI=1S/C14H14N2O4S/c1-20-13-7-6-10(8-12(13)16(17)18)9-21(19)14-5-3-2-4-11(14)15/h2-8H,9,15H2,1H3. The zero-order valence-corrected chi connectivity index (χ0v) is 12.1. The summed E-state index contributed by atoms with van der Waals surface area (Å²) in [6, 6.07) is 11.4. The highest BCUT2D eigenvalue weighted by atomic mass is 32.2. The summed E-state index contributed by atoms with van der Waals surface area (Å²) in [5.41, 5.74) is 6.66. The molecule has 6 nitrogen and oxygen atoms in total. The third-order valence-corrected chi connectivity index (χ3v) is 4.36. The van der Waals surface area contributed by atoms with Crippen molar-refractivity contribution in [2.75, 3.05) is 12.8 Å². The van der Waals surface area contributed by atoms with Crippen LogP contribution < -0.4 is 10.5 Å². The molecule has 0 aromatic heterocycles. The fraction of sp³-hybridized carbons (Fsp3) is 0.143. The number of rotatable bonds is 5. The molecule has 2 N–H and O–H groups in total. The van der Waals surface area contributed by atoms with Crippen molar-refractivity contribution in [1.82, 2.24) is 0 Å². The molecule has 0 fully saturated rings. The summed E-state index contributed by atoms with van der Waals surface area (Å²) >= 11 is 0. The van der Waals surface area contributed by atoms with E-state index in [-0.39, 0.29) is 17.2 Å². The van der Waals surface area contributed by atoms with Gasteiger partial charge >= 0.3 is 5.69 Å². The summed E-state index contributed by atoms with van der Waals surface area (Å²) in [6.07, 6.45) is 0. The first kappa shape index (κ1) is 15.0. The fourth-order valence-corrected chi connectivity index (χ4v) is 3.08. The Bertz CT molecular complexity index is 703. The third kappa shape index (κ3) is 3.38. The van der Waals surface area contributed by atoms with Gasteiger partial charge in [-0.1, -0.05) is 18.2 Å². The fourth-order valence-electron chi connectivity index (χ4n) is 1.89. The van der Waals surface area contributed by atoms with Gasteiger partial charge < -0.3 is 10.5 Å². The molecular formula is C14H14N2O4S. The minimum absolute atomic E-state index is 0.145. The van der Waals surface area contributed by atoms with Gasteiger partial charge in [-0.25, -0.2) is 0 Å². The largest absolute Gasteiger partial charge is 0.490 e. The Labute approximate surface area is 124 Å². The van der Waals surface area contributed by atoms with Gasteiger partial charge in [0.15, 0.2) is 5.75 Å². The van der Waals surface area contributed by atoms with Gasteiger partial charge in [-0.2, -0.15) is 0 Å². The molecule has 0 heterocycles. The number of methoxy groups -OCH3 is 1. The maximum Gasteiger partial charge on any atom is 0.311 e. The third-order valence-electron chi connectivity index (χ3n) is 2.90. The highest BCUT2D eigenvalue weighted by Crippen LogP contribution is 2.29. The van der Waals surface area contributed by atoms with E-state index in [4.69, 9.17) is 10.5 Å². The molecular weight excluding hydrogens is 292 g/mol. The van der Waals surface area contributed by atoms with Gasteiger partial charge in [0, 0.05) is 11.8 Å². The van der Waals surface area contributed by atoms with Gasteiger partial charge in [0.2, 0.25) is 0 Å². The normalized spacial score (nSPS) is 11.9. The first-order chi connectivity index (χ1) is 10.0. The van der Waals surface area contributed by atoms with Crippen LogP contribution in [0.4, 0.5) is 11.4 Å². The van der Waals surface area contributed by atoms with Crippen LogP contribution in [0.1, 0.15) is 5.56 Å². The lowest BCUT2D eigenvalue weighted by Crippen LogP contribution is -2.02. The van der Waals surface area contributed by atoms with Gasteiger partial charge in [0.25, 0.3) is 0 Å². The number of anilines is 1. The van der Waals surface area contributed by atoms with Crippen LogP contribution in [0.5, 0.6) is 5.75 Å². The van der Waals surface area contributed by atoms with Gasteiger partial charge in [0.05, 0.1) is 33.5 Å². The van der Waals surface area contributed by atoms with Crippen LogP contribution in [0.25, 0.3) is 0 Å². The van der Waals surface area contributed by atoms with E-state index in [1.807, 2.05) is 0 Å². The Morgan fingerprint density at radius 1 is 1.29 bits per heavy atom. The van der Waals surface area contributed by atoms with E-state index in [0.29, 0.717) is 16.1 Å². The molecule has 0 radical (unpaired) electrons. The Balaban J connectivity index is 2.28. The molecule has 0 bridgehead atoms. The maximum atomic E-state index is 12.3. The Morgan fingerprint density at radius 2 is 2.00 bits per heavy atom. The number of nitrogens with zero attached hydrogens (tertiary/aromatic N) is 1. The zero-order chi connectivity index (χ0) is 15.4. The van der Waals surface area contributed by atoms with Gasteiger partial charge in [-0.05, 0) is 23.8 Å². The number of ether oxygens (including phenoxy) is 1. The molecule has 110 valence electrons. The number of nitro groups is 1. The van der Waals surface area contributed by atoms with Crippen molar-refractivity contribution in [1.29, 1.82) is 0 Å². The highest BCUT2D eigenvalue weighted by molar-refractivity contribution is 7.84. The second kappa shape index (κ2) is 6.36. The second-order valence-corrected chi connectivity index (χ2v) is 5.71. The lowest BCUT2D eigenvalue weighted by Gasteiger charge is -2.07. The van der Waals surface area contributed by atoms with Crippen molar-refractivity contribution in [3.8, 4) is 5.75 Å². The molecule has 21 heavy (non-hydrogen) atoms. The number of hydrogen-bond donors (Lipinski definition) is 1. The first-order valence-electron chi connectivity index (χ1n) is 6.07. The van der Waals surface area contributed by atoms with Crippen LogP contribution in [0.15, 0.2) is 47.4 Å². The summed E-state index contributed by atoms with van der Waals surface area (Å²) in [6.45, 7) is 0. The van der Waals surface area contributed by atoms with Crippen molar-refractivity contribution in [2.45, 2.75) is 10.6 Å². The van der Waals surface area contributed by atoms with Crippen molar-refractivity contribution in [3.05, 3.63) is 58.1 Å². The SMILES string of the molecule is COc1ccc(CS(=O)c2ccccc2N)cc1[N+](=O)[O-]. The summed E-state index contributed by atoms with van der Waals surface area (Å²) in [4.78, 5) is 11.0.